The van der Waals surface area contributed by atoms with E-state index in [1.165, 1.54) is 4.57 Å². The molecule has 1 aromatic carbocycles. The number of aromatic nitrogens is 5. The molecular formula is C21H17N5O4S. The number of thiophene rings is 1. The fraction of sp³-hybridized carbons (Fsp3) is 0.143. The fourth-order valence-electron chi connectivity index (χ4n) is 3.25. The van der Waals surface area contributed by atoms with E-state index in [9.17, 15) is 4.79 Å². The van der Waals surface area contributed by atoms with Crippen molar-refractivity contribution in [1.82, 2.24) is 24.3 Å². The summed E-state index contributed by atoms with van der Waals surface area (Å²) >= 11 is 1.57. The molecule has 5 rings (SSSR count). The highest BCUT2D eigenvalue weighted by molar-refractivity contribution is 7.13. The smallest absolute Gasteiger partial charge is 0.277 e. The van der Waals surface area contributed by atoms with Gasteiger partial charge in [-0.15, -0.1) is 11.3 Å². The molecule has 4 heterocycles. The van der Waals surface area contributed by atoms with Crippen LogP contribution in [0.15, 0.2) is 63.5 Å². The van der Waals surface area contributed by atoms with Crippen molar-refractivity contribution in [3.8, 4) is 33.5 Å². The van der Waals surface area contributed by atoms with Gasteiger partial charge in [0.15, 0.2) is 11.5 Å². The largest absolute Gasteiger partial charge is 0.493 e. The van der Waals surface area contributed by atoms with E-state index in [4.69, 9.17) is 14.0 Å². The Bertz CT molecular complexity index is 1420. The van der Waals surface area contributed by atoms with Gasteiger partial charge in [-0.3, -0.25) is 4.79 Å². The van der Waals surface area contributed by atoms with Gasteiger partial charge in [-0.2, -0.15) is 10.1 Å². The van der Waals surface area contributed by atoms with Gasteiger partial charge in [0.1, 0.15) is 17.8 Å². The van der Waals surface area contributed by atoms with Crippen LogP contribution in [0.5, 0.6) is 11.5 Å². The van der Waals surface area contributed by atoms with Crippen molar-refractivity contribution in [1.29, 1.82) is 0 Å². The van der Waals surface area contributed by atoms with Crippen LogP contribution in [0.4, 0.5) is 0 Å². The molecule has 0 saturated carbocycles. The lowest BCUT2D eigenvalue weighted by atomic mass is 10.2. The molecule has 0 fully saturated rings. The van der Waals surface area contributed by atoms with Crippen LogP contribution in [0.25, 0.3) is 27.5 Å². The number of fused-ring (bicyclic) bond motifs is 1. The van der Waals surface area contributed by atoms with Crippen molar-refractivity contribution in [3.63, 3.8) is 0 Å². The SMILES string of the molecule is COc1ccc(-c2noc(Cn3ccn4nc(-c5cccs5)cc4c3=O)n2)cc1OC. The Morgan fingerprint density at radius 1 is 1.10 bits per heavy atom. The summed E-state index contributed by atoms with van der Waals surface area (Å²) in [5, 5.41) is 10.5. The van der Waals surface area contributed by atoms with Crippen LogP contribution in [0.3, 0.4) is 0 Å². The summed E-state index contributed by atoms with van der Waals surface area (Å²) in [5.74, 6) is 1.89. The Morgan fingerprint density at radius 2 is 1.97 bits per heavy atom. The molecule has 0 radical (unpaired) electrons. The van der Waals surface area contributed by atoms with Crippen LogP contribution in [0.2, 0.25) is 0 Å². The zero-order chi connectivity index (χ0) is 21.4. The van der Waals surface area contributed by atoms with Crippen molar-refractivity contribution in [2.75, 3.05) is 14.2 Å². The Labute approximate surface area is 180 Å². The zero-order valence-corrected chi connectivity index (χ0v) is 17.5. The van der Waals surface area contributed by atoms with Gasteiger partial charge in [0.25, 0.3) is 5.56 Å². The van der Waals surface area contributed by atoms with Gasteiger partial charge in [-0.05, 0) is 35.7 Å². The van der Waals surface area contributed by atoms with Crippen molar-refractivity contribution in [3.05, 3.63) is 70.4 Å². The predicted octanol–water partition coefficient (Wildman–Crippen LogP) is 3.34. The van der Waals surface area contributed by atoms with Crippen molar-refractivity contribution < 1.29 is 14.0 Å². The summed E-state index contributed by atoms with van der Waals surface area (Å²) < 4.78 is 19.0. The maximum absolute atomic E-state index is 12.9. The van der Waals surface area contributed by atoms with Crippen molar-refractivity contribution in [2.24, 2.45) is 0 Å². The number of methoxy groups -OCH3 is 2. The first-order valence-corrected chi connectivity index (χ1v) is 10.2. The second kappa shape index (κ2) is 7.73. The molecule has 0 aliphatic carbocycles. The molecule has 0 spiro atoms. The standard InChI is InChI=1S/C21H17N5O4S/c1-28-16-6-5-13(10-17(16)29-2)20-22-19(30-24-20)12-25-7-8-26-15(21(25)27)11-14(23-26)18-4-3-9-31-18/h3-11H,12H2,1-2H3. The number of hydrogen-bond donors (Lipinski definition) is 0. The minimum atomic E-state index is -0.191. The Hall–Kier alpha value is -3.92. The third kappa shape index (κ3) is 3.46. The van der Waals surface area contributed by atoms with E-state index in [1.807, 2.05) is 23.6 Å². The van der Waals surface area contributed by atoms with Gasteiger partial charge in [-0.25, -0.2) is 4.52 Å². The first kappa shape index (κ1) is 19.1. The van der Waals surface area contributed by atoms with Gasteiger partial charge >= 0.3 is 0 Å². The topological polar surface area (TPSA) is 96.7 Å². The third-order valence-electron chi connectivity index (χ3n) is 4.79. The Balaban J connectivity index is 1.44. The first-order valence-electron chi connectivity index (χ1n) is 9.34. The van der Waals surface area contributed by atoms with Crippen LogP contribution >= 0.6 is 11.3 Å². The van der Waals surface area contributed by atoms with Gasteiger partial charge in [0.05, 0.1) is 19.1 Å². The molecule has 0 unspecified atom stereocenters. The zero-order valence-electron chi connectivity index (χ0n) is 16.7. The molecule has 0 aliphatic rings. The van der Waals surface area contributed by atoms with Crippen LogP contribution in [0, 0.1) is 0 Å². The molecule has 31 heavy (non-hydrogen) atoms. The summed E-state index contributed by atoms with van der Waals surface area (Å²) in [5.41, 5.74) is 1.76. The van der Waals surface area contributed by atoms with Crippen LogP contribution in [-0.2, 0) is 6.54 Å². The van der Waals surface area contributed by atoms with Gasteiger partial charge < -0.3 is 18.6 Å². The lowest BCUT2D eigenvalue weighted by molar-refractivity contribution is 0.355. The molecule has 0 N–H and O–H groups in total. The molecule has 156 valence electrons. The monoisotopic (exact) mass is 435 g/mol. The minimum Gasteiger partial charge on any atom is -0.493 e. The minimum absolute atomic E-state index is 0.148. The molecule has 0 atom stereocenters. The second-order valence-electron chi connectivity index (χ2n) is 6.65. The highest BCUT2D eigenvalue weighted by Crippen LogP contribution is 2.31. The summed E-state index contributed by atoms with van der Waals surface area (Å²) in [4.78, 5) is 18.4. The van der Waals surface area contributed by atoms with Crippen molar-refractivity contribution in [2.45, 2.75) is 6.54 Å². The Kier molecular flexibility index (Phi) is 4.75. The van der Waals surface area contributed by atoms with E-state index in [1.54, 1.807) is 60.7 Å². The lowest BCUT2D eigenvalue weighted by Crippen LogP contribution is -2.21. The number of benzene rings is 1. The molecule has 5 aromatic rings. The summed E-state index contributed by atoms with van der Waals surface area (Å²) in [6, 6.07) is 11.1. The maximum Gasteiger partial charge on any atom is 0.277 e. The lowest BCUT2D eigenvalue weighted by Gasteiger charge is -2.07. The summed E-state index contributed by atoms with van der Waals surface area (Å²) in [6.07, 6.45) is 3.39. The molecule has 0 amide bonds. The quantitative estimate of drug-likeness (QED) is 0.403. The van der Waals surface area contributed by atoms with Crippen LogP contribution in [0.1, 0.15) is 5.89 Å². The van der Waals surface area contributed by atoms with Crippen molar-refractivity contribution >= 4 is 16.9 Å². The summed E-state index contributed by atoms with van der Waals surface area (Å²) in [7, 11) is 3.13. The van der Waals surface area contributed by atoms with E-state index in [2.05, 4.69) is 15.2 Å². The van der Waals surface area contributed by atoms with Crippen LogP contribution < -0.4 is 15.0 Å². The molecule has 0 bridgehead atoms. The average Bonchev–Trinajstić information content (AvgIpc) is 3.55. The number of rotatable bonds is 6. The molecule has 4 aromatic heterocycles. The Morgan fingerprint density at radius 3 is 2.74 bits per heavy atom. The molecule has 10 heteroatoms. The molecular weight excluding hydrogens is 418 g/mol. The van der Waals surface area contributed by atoms with Crippen LogP contribution in [-0.4, -0.2) is 38.5 Å². The number of hydrogen-bond acceptors (Lipinski definition) is 8. The average molecular weight is 435 g/mol. The first-order chi connectivity index (χ1) is 15.2. The normalized spacial score (nSPS) is 11.2. The second-order valence-corrected chi connectivity index (χ2v) is 7.60. The highest BCUT2D eigenvalue weighted by atomic mass is 32.1. The molecule has 0 saturated heterocycles. The van der Waals surface area contributed by atoms with E-state index in [0.29, 0.717) is 34.3 Å². The van der Waals surface area contributed by atoms with E-state index in [0.717, 1.165) is 10.6 Å². The van der Waals surface area contributed by atoms with E-state index in [-0.39, 0.29) is 12.1 Å². The van der Waals surface area contributed by atoms with E-state index >= 15 is 0 Å². The predicted molar refractivity (Wildman–Crippen MR) is 115 cm³/mol. The highest BCUT2D eigenvalue weighted by Gasteiger charge is 2.15. The van der Waals surface area contributed by atoms with Gasteiger partial charge in [-0.1, -0.05) is 11.2 Å². The third-order valence-corrected chi connectivity index (χ3v) is 5.68. The summed E-state index contributed by atoms with van der Waals surface area (Å²) in [6.45, 7) is 0.148. The molecule has 9 nitrogen and oxygen atoms in total. The number of ether oxygens (including phenoxy) is 2. The maximum atomic E-state index is 12.9. The van der Waals surface area contributed by atoms with Gasteiger partial charge in [0, 0.05) is 18.0 Å². The van der Waals surface area contributed by atoms with Gasteiger partial charge in [0.2, 0.25) is 11.7 Å². The number of nitrogens with zero attached hydrogens (tertiary/aromatic N) is 5. The molecule has 0 aliphatic heterocycles. The fourth-order valence-corrected chi connectivity index (χ4v) is 3.93. The van der Waals surface area contributed by atoms with E-state index < -0.39 is 0 Å².